The van der Waals surface area contributed by atoms with Crippen LogP contribution in [0, 0.1) is 0 Å². The smallest absolute Gasteiger partial charge is 0.221 e. The highest BCUT2D eigenvalue weighted by atomic mass is 16.5. The van der Waals surface area contributed by atoms with Gasteiger partial charge in [0.2, 0.25) is 5.88 Å². The zero-order chi connectivity index (χ0) is 11.4. The predicted octanol–water partition coefficient (Wildman–Crippen LogP) is 3.02. The average molecular weight is 214 g/mol. The molecule has 82 valence electrons. The number of rotatable bonds is 3. The molecule has 0 radical (unpaired) electrons. The highest BCUT2D eigenvalue weighted by molar-refractivity contribution is 5.41. The summed E-state index contributed by atoms with van der Waals surface area (Å²) >= 11 is 0. The van der Waals surface area contributed by atoms with E-state index in [9.17, 15) is 0 Å². The number of nitrogens with two attached hydrogens (primary N) is 1. The van der Waals surface area contributed by atoms with Gasteiger partial charge in [0.1, 0.15) is 5.75 Å². The maximum Gasteiger partial charge on any atom is 0.221 e. The summed E-state index contributed by atoms with van der Waals surface area (Å²) in [5, 5.41) is 0. The van der Waals surface area contributed by atoms with Crippen LogP contribution in [-0.2, 0) is 6.42 Å². The maximum atomic E-state index is 5.65. The first kappa shape index (κ1) is 10.5. The zero-order valence-electron chi connectivity index (χ0n) is 9.18. The number of hydrogen-bond acceptors (Lipinski definition) is 3. The van der Waals surface area contributed by atoms with E-state index in [1.165, 1.54) is 5.56 Å². The van der Waals surface area contributed by atoms with Crippen molar-refractivity contribution in [2.75, 3.05) is 5.73 Å². The van der Waals surface area contributed by atoms with Crippen molar-refractivity contribution in [2.45, 2.75) is 13.3 Å². The van der Waals surface area contributed by atoms with Crippen LogP contribution >= 0.6 is 0 Å². The molecular weight excluding hydrogens is 200 g/mol. The van der Waals surface area contributed by atoms with Gasteiger partial charge >= 0.3 is 0 Å². The number of aryl methyl sites for hydroxylation is 1. The molecular formula is C13H14N2O. The molecule has 1 aromatic carbocycles. The van der Waals surface area contributed by atoms with E-state index in [0.29, 0.717) is 11.6 Å². The van der Waals surface area contributed by atoms with Gasteiger partial charge in [0.15, 0.2) is 0 Å². The first-order valence-corrected chi connectivity index (χ1v) is 5.26. The van der Waals surface area contributed by atoms with Crippen molar-refractivity contribution in [3.05, 3.63) is 48.2 Å². The summed E-state index contributed by atoms with van der Waals surface area (Å²) in [6.45, 7) is 2.11. The fourth-order valence-corrected chi connectivity index (χ4v) is 1.43. The SMILES string of the molecule is CCc1cccc(Oc2cc(N)ccn2)c1. The summed E-state index contributed by atoms with van der Waals surface area (Å²) in [6, 6.07) is 11.4. The van der Waals surface area contributed by atoms with E-state index < -0.39 is 0 Å². The molecule has 0 bridgehead atoms. The van der Waals surface area contributed by atoms with Crippen LogP contribution in [0.4, 0.5) is 5.69 Å². The number of ether oxygens (including phenoxy) is 1. The predicted molar refractivity (Wildman–Crippen MR) is 64.5 cm³/mol. The van der Waals surface area contributed by atoms with Gasteiger partial charge in [-0.05, 0) is 30.2 Å². The lowest BCUT2D eigenvalue weighted by atomic mass is 10.2. The van der Waals surface area contributed by atoms with E-state index in [2.05, 4.69) is 18.0 Å². The van der Waals surface area contributed by atoms with E-state index in [4.69, 9.17) is 10.5 Å². The van der Waals surface area contributed by atoms with Crippen LogP contribution in [0.25, 0.3) is 0 Å². The largest absolute Gasteiger partial charge is 0.439 e. The van der Waals surface area contributed by atoms with Gasteiger partial charge in [-0.1, -0.05) is 19.1 Å². The summed E-state index contributed by atoms with van der Waals surface area (Å²) < 4.78 is 5.61. The number of hydrogen-bond donors (Lipinski definition) is 1. The van der Waals surface area contributed by atoms with Gasteiger partial charge in [0, 0.05) is 18.0 Å². The molecule has 1 aromatic heterocycles. The molecule has 1 heterocycles. The number of aromatic nitrogens is 1. The van der Waals surface area contributed by atoms with Crippen molar-refractivity contribution in [2.24, 2.45) is 0 Å². The van der Waals surface area contributed by atoms with E-state index in [-0.39, 0.29) is 0 Å². The Bertz CT molecular complexity index is 483. The molecule has 0 spiro atoms. The molecule has 0 saturated carbocycles. The number of pyridine rings is 1. The molecule has 0 unspecified atom stereocenters. The number of nitrogen functional groups attached to an aromatic ring is 1. The minimum Gasteiger partial charge on any atom is -0.439 e. The topological polar surface area (TPSA) is 48.1 Å². The van der Waals surface area contributed by atoms with E-state index in [1.807, 2.05) is 18.2 Å². The average Bonchev–Trinajstić information content (AvgIpc) is 2.29. The number of nitrogens with zero attached hydrogens (tertiary/aromatic N) is 1. The lowest BCUT2D eigenvalue weighted by Gasteiger charge is -2.06. The highest BCUT2D eigenvalue weighted by Crippen LogP contribution is 2.21. The maximum absolute atomic E-state index is 5.65. The normalized spacial score (nSPS) is 10.1. The second-order valence-electron chi connectivity index (χ2n) is 3.53. The molecule has 0 saturated heterocycles. The second-order valence-corrected chi connectivity index (χ2v) is 3.53. The van der Waals surface area contributed by atoms with Crippen molar-refractivity contribution < 1.29 is 4.74 Å². The van der Waals surface area contributed by atoms with Crippen LogP contribution < -0.4 is 10.5 Å². The van der Waals surface area contributed by atoms with Gasteiger partial charge in [-0.25, -0.2) is 4.98 Å². The standard InChI is InChI=1S/C13H14N2O/c1-2-10-4-3-5-12(8-10)16-13-9-11(14)6-7-15-13/h3-9H,2H2,1H3,(H2,14,15). The van der Waals surface area contributed by atoms with Crippen LogP contribution in [0.3, 0.4) is 0 Å². The van der Waals surface area contributed by atoms with Crippen LogP contribution in [0.5, 0.6) is 11.6 Å². The molecule has 0 aliphatic heterocycles. The molecule has 0 aliphatic rings. The molecule has 2 aromatic rings. The Morgan fingerprint density at radius 1 is 1.25 bits per heavy atom. The first-order chi connectivity index (χ1) is 7.78. The molecule has 0 fully saturated rings. The van der Waals surface area contributed by atoms with E-state index in [0.717, 1.165) is 12.2 Å². The Hall–Kier alpha value is -2.03. The van der Waals surface area contributed by atoms with Crippen LogP contribution in [0.1, 0.15) is 12.5 Å². The third-order valence-corrected chi connectivity index (χ3v) is 2.29. The molecule has 0 aliphatic carbocycles. The van der Waals surface area contributed by atoms with E-state index >= 15 is 0 Å². The monoisotopic (exact) mass is 214 g/mol. The quantitative estimate of drug-likeness (QED) is 0.854. The molecule has 0 amide bonds. The van der Waals surface area contributed by atoms with Crippen molar-refractivity contribution in [1.29, 1.82) is 0 Å². The van der Waals surface area contributed by atoms with Crippen LogP contribution in [0.15, 0.2) is 42.6 Å². The highest BCUT2D eigenvalue weighted by Gasteiger charge is 1.99. The minimum absolute atomic E-state index is 0.522. The van der Waals surface area contributed by atoms with Crippen LogP contribution in [-0.4, -0.2) is 4.98 Å². The summed E-state index contributed by atoms with van der Waals surface area (Å²) in [4.78, 5) is 4.09. The Morgan fingerprint density at radius 3 is 2.88 bits per heavy atom. The minimum atomic E-state index is 0.522. The lowest BCUT2D eigenvalue weighted by Crippen LogP contribution is -1.91. The summed E-state index contributed by atoms with van der Waals surface area (Å²) in [5.41, 5.74) is 7.54. The van der Waals surface area contributed by atoms with Gasteiger partial charge < -0.3 is 10.5 Å². The molecule has 16 heavy (non-hydrogen) atoms. The van der Waals surface area contributed by atoms with Crippen molar-refractivity contribution in [3.63, 3.8) is 0 Å². The molecule has 3 heteroatoms. The Kier molecular flexibility index (Phi) is 3.05. The van der Waals surface area contributed by atoms with Crippen molar-refractivity contribution >= 4 is 5.69 Å². The fraction of sp³-hybridized carbons (Fsp3) is 0.154. The van der Waals surface area contributed by atoms with Crippen LogP contribution in [0.2, 0.25) is 0 Å². The third kappa shape index (κ3) is 2.51. The summed E-state index contributed by atoms with van der Waals surface area (Å²) in [6.07, 6.45) is 2.62. The second kappa shape index (κ2) is 4.66. The number of benzene rings is 1. The van der Waals surface area contributed by atoms with Gasteiger partial charge in [-0.3, -0.25) is 0 Å². The lowest BCUT2D eigenvalue weighted by molar-refractivity contribution is 0.463. The Morgan fingerprint density at radius 2 is 2.12 bits per heavy atom. The van der Waals surface area contributed by atoms with Crippen molar-refractivity contribution in [3.8, 4) is 11.6 Å². The van der Waals surface area contributed by atoms with Gasteiger partial charge in [-0.15, -0.1) is 0 Å². The summed E-state index contributed by atoms with van der Waals surface area (Å²) in [5.74, 6) is 1.31. The fourth-order valence-electron chi connectivity index (χ4n) is 1.43. The van der Waals surface area contributed by atoms with Crippen molar-refractivity contribution in [1.82, 2.24) is 4.98 Å². The van der Waals surface area contributed by atoms with Gasteiger partial charge in [0.05, 0.1) is 0 Å². The van der Waals surface area contributed by atoms with E-state index in [1.54, 1.807) is 18.3 Å². The summed E-state index contributed by atoms with van der Waals surface area (Å²) in [7, 11) is 0. The van der Waals surface area contributed by atoms with Gasteiger partial charge in [-0.2, -0.15) is 0 Å². The first-order valence-electron chi connectivity index (χ1n) is 5.26. The Balaban J connectivity index is 2.20. The molecule has 2 N–H and O–H groups in total. The molecule has 2 rings (SSSR count). The number of anilines is 1. The molecule has 0 atom stereocenters. The zero-order valence-corrected chi connectivity index (χ0v) is 9.18. The third-order valence-electron chi connectivity index (χ3n) is 2.29. The molecule has 3 nitrogen and oxygen atoms in total. The van der Waals surface area contributed by atoms with Gasteiger partial charge in [0.25, 0.3) is 0 Å². The Labute approximate surface area is 94.9 Å².